The van der Waals surface area contributed by atoms with Crippen molar-refractivity contribution in [2.45, 2.75) is 40.7 Å². The van der Waals surface area contributed by atoms with Gasteiger partial charge in [-0.2, -0.15) is 0 Å². The quantitative estimate of drug-likeness (QED) is 0.690. The fourth-order valence-electron chi connectivity index (χ4n) is 1.35. The van der Waals surface area contributed by atoms with Crippen LogP contribution in [0.1, 0.15) is 25.7 Å². The van der Waals surface area contributed by atoms with Gasteiger partial charge in [-0.05, 0) is 0 Å². The van der Waals surface area contributed by atoms with Crippen molar-refractivity contribution in [2.24, 2.45) is 0 Å². The summed E-state index contributed by atoms with van der Waals surface area (Å²) in [4.78, 5) is 2.30. The van der Waals surface area contributed by atoms with Crippen LogP contribution in [-0.2, 0) is 0 Å². The fourth-order valence-corrected chi connectivity index (χ4v) is 3.79. The molecule has 1 aliphatic carbocycles. The van der Waals surface area contributed by atoms with Crippen molar-refractivity contribution in [3.05, 3.63) is 0 Å². The summed E-state index contributed by atoms with van der Waals surface area (Å²) in [5.41, 5.74) is 0. The maximum atomic E-state index is 9.40. The molecule has 0 aromatic heterocycles. The predicted molar refractivity (Wildman–Crippen MR) is 39.8 cm³/mol. The molecule has 0 saturated heterocycles. The van der Waals surface area contributed by atoms with E-state index in [-0.39, 0.29) is 27.0 Å². The van der Waals surface area contributed by atoms with Gasteiger partial charge in [0.25, 0.3) is 0 Å². The van der Waals surface area contributed by atoms with Gasteiger partial charge in [-0.3, -0.25) is 0 Å². The van der Waals surface area contributed by atoms with Gasteiger partial charge in [0.2, 0.25) is 0 Å². The topological polar surface area (TPSA) is 20.2 Å². The molecule has 54 valence electrons. The van der Waals surface area contributed by atoms with E-state index in [4.69, 9.17) is 0 Å². The first kappa shape index (κ1) is 7.85. The van der Waals surface area contributed by atoms with Gasteiger partial charge in [0.05, 0.1) is 0 Å². The monoisotopic (exact) mass is 244 g/mol. The van der Waals surface area contributed by atoms with Crippen molar-refractivity contribution >= 4 is 20.9 Å². The molecule has 0 radical (unpaired) electrons. The molecule has 9 heavy (non-hydrogen) atoms. The van der Waals surface area contributed by atoms with Gasteiger partial charge < -0.3 is 0 Å². The first-order chi connectivity index (χ1) is 4.34. The van der Waals surface area contributed by atoms with E-state index in [1.165, 1.54) is 19.3 Å². The summed E-state index contributed by atoms with van der Waals surface area (Å²) in [7, 11) is 0. The molecular weight excluding hydrogens is 228 g/mol. The third-order valence-corrected chi connectivity index (χ3v) is 5.27. The first-order valence-corrected chi connectivity index (χ1v) is 7.23. The molecule has 1 fully saturated rings. The van der Waals surface area contributed by atoms with E-state index >= 15 is 0 Å². The van der Waals surface area contributed by atoms with E-state index < -0.39 is 0 Å². The van der Waals surface area contributed by atoms with Gasteiger partial charge >= 0.3 is 66.8 Å². The van der Waals surface area contributed by atoms with Crippen LogP contribution in [0, 0.1) is 0 Å². The van der Waals surface area contributed by atoms with Crippen LogP contribution >= 0.6 is 0 Å². The second kappa shape index (κ2) is 3.81. The average Bonchev–Trinajstić information content (AvgIpc) is 1.89. The molecular formula is C7H14OTe. The average molecular weight is 242 g/mol. The molecule has 0 aliphatic heterocycles. The Labute approximate surface area is 66.9 Å². The second-order valence-electron chi connectivity index (χ2n) is 2.63. The van der Waals surface area contributed by atoms with Crippen LogP contribution in [0.2, 0.25) is 8.94 Å². The molecule has 0 bridgehead atoms. The van der Waals surface area contributed by atoms with Crippen LogP contribution in [-0.4, -0.2) is 32.1 Å². The maximum absolute atomic E-state index is 9.40. The van der Waals surface area contributed by atoms with Crippen LogP contribution in [0.4, 0.5) is 0 Å². The van der Waals surface area contributed by atoms with Gasteiger partial charge in [-0.1, -0.05) is 0 Å². The zero-order valence-corrected chi connectivity index (χ0v) is 8.17. The molecule has 1 aliphatic rings. The normalized spacial score (nSPS) is 36.7. The molecule has 2 heteroatoms. The summed E-state index contributed by atoms with van der Waals surface area (Å²) in [6.07, 6.45) is 5.07. The zero-order valence-electron chi connectivity index (χ0n) is 5.84. The molecule has 0 aromatic rings. The summed E-state index contributed by atoms with van der Waals surface area (Å²) in [6, 6.07) is 0. The van der Waals surface area contributed by atoms with Gasteiger partial charge in [0, 0.05) is 0 Å². The summed E-state index contributed by atoms with van der Waals surface area (Å²) < 4.78 is 0.740. The van der Waals surface area contributed by atoms with Crippen LogP contribution in [0.25, 0.3) is 0 Å². The SMILES string of the molecule is C[Te]C1CCCCC1O. The Kier molecular flexibility index (Phi) is 3.32. The summed E-state index contributed by atoms with van der Waals surface area (Å²) in [5, 5.41) is 9.40. The van der Waals surface area contributed by atoms with Crippen molar-refractivity contribution < 1.29 is 5.11 Å². The van der Waals surface area contributed by atoms with Crippen molar-refractivity contribution in [1.82, 2.24) is 0 Å². The molecule has 1 nitrogen and oxygen atoms in total. The third-order valence-electron chi connectivity index (χ3n) is 1.97. The van der Waals surface area contributed by atoms with E-state index in [0.717, 1.165) is 10.4 Å². The molecule has 1 saturated carbocycles. The Bertz CT molecular complexity index is 85.0. The second-order valence-corrected chi connectivity index (χ2v) is 5.70. The fraction of sp³-hybridized carbons (Fsp3) is 1.00. The zero-order chi connectivity index (χ0) is 6.69. The molecule has 2 unspecified atom stereocenters. The van der Waals surface area contributed by atoms with Crippen LogP contribution in [0.5, 0.6) is 0 Å². The number of rotatable bonds is 1. The predicted octanol–water partition coefficient (Wildman–Crippen LogP) is 1.46. The molecule has 0 spiro atoms. The molecule has 0 heterocycles. The number of aliphatic hydroxyl groups is 1. The molecule has 2 atom stereocenters. The Hall–Kier alpha value is 0.750. The van der Waals surface area contributed by atoms with Crippen molar-refractivity contribution in [1.29, 1.82) is 0 Å². The number of hydrogen-bond donors (Lipinski definition) is 1. The summed E-state index contributed by atoms with van der Waals surface area (Å²) >= 11 is 0.140. The minimum atomic E-state index is 0.0751. The summed E-state index contributed by atoms with van der Waals surface area (Å²) in [6.45, 7) is 0. The van der Waals surface area contributed by atoms with Crippen molar-refractivity contribution in [3.63, 3.8) is 0 Å². The van der Waals surface area contributed by atoms with Crippen molar-refractivity contribution in [3.8, 4) is 0 Å². The van der Waals surface area contributed by atoms with Gasteiger partial charge in [0.15, 0.2) is 0 Å². The molecule has 0 aromatic carbocycles. The Morgan fingerprint density at radius 1 is 1.33 bits per heavy atom. The van der Waals surface area contributed by atoms with Gasteiger partial charge in [-0.15, -0.1) is 0 Å². The van der Waals surface area contributed by atoms with E-state index in [1.807, 2.05) is 0 Å². The van der Waals surface area contributed by atoms with E-state index in [2.05, 4.69) is 4.97 Å². The van der Waals surface area contributed by atoms with E-state index in [1.54, 1.807) is 0 Å². The molecule has 1 N–H and O–H groups in total. The number of hydrogen-bond acceptors (Lipinski definition) is 1. The van der Waals surface area contributed by atoms with E-state index in [9.17, 15) is 5.11 Å². The third kappa shape index (κ3) is 2.11. The standard InChI is InChI=1S/C7H14OTe/c1-9-7-5-3-2-4-6(7)8/h6-8H,2-5H2,1H3. The molecule has 1 rings (SSSR count). The van der Waals surface area contributed by atoms with Crippen LogP contribution in [0.3, 0.4) is 0 Å². The first-order valence-electron chi connectivity index (χ1n) is 3.55. The van der Waals surface area contributed by atoms with Crippen LogP contribution < -0.4 is 0 Å². The minimum absolute atomic E-state index is 0.0751. The van der Waals surface area contributed by atoms with Gasteiger partial charge in [0.1, 0.15) is 0 Å². The van der Waals surface area contributed by atoms with Crippen molar-refractivity contribution in [2.75, 3.05) is 0 Å². The Balaban J connectivity index is 2.30. The Morgan fingerprint density at radius 3 is 2.44 bits per heavy atom. The summed E-state index contributed by atoms with van der Waals surface area (Å²) in [5.74, 6) is 0. The Morgan fingerprint density at radius 2 is 2.00 bits per heavy atom. The molecule has 0 amide bonds. The van der Waals surface area contributed by atoms with Gasteiger partial charge in [-0.25, -0.2) is 0 Å². The van der Waals surface area contributed by atoms with E-state index in [0.29, 0.717) is 0 Å². The van der Waals surface area contributed by atoms with Crippen LogP contribution in [0.15, 0.2) is 0 Å². The number of aliphatic hydroxyl groups excluding tert-OH is 1.